The minimum atomic E-state index is -0.273. The Labute approximate surface area is 182 Å². The first-order valence-electron chi connectivity index (χ1n) is 9.98. The first kappa shape index (κ1) is 19.4. The zero-order chi connectivity index (χ0) is 22.1. The Morgan fingerprint density at radius 1 is 0.938 bits per heavy atom. The molecule has 0 saturated carbocycles. The second-order valence-corrected chi connectivity index (χ2v) is 7.18. The van der Waals surface area contributed by atoms with Crippen molar-refractivity contribution in [2.24, 2.45) is 0 Å². The van der Waals surface area contributed by atoms with Gasteiger partial charge in [-0.25, -0.2) is 9.67 Å². The van der Waals surface area contributed by atoms with E-state index in [-0.39, 0.29) is 11.5 Å². The number of amides is 1. The number of benzene rings is 3. The summed E-state index contributed by atoms with van der Waals surface area (Å²) in [6.07, 6.45) is 3.28. The smallest absolute Gasteiger partial charge is 0.265 e. The maximum Gasteiger partial charge on any atom is 0.265 e. The minimum Gasteiger partial charge on any atom is -0.320 e. The third-order valence-electron chi connectivity index (χ3n) is 5.15. The summed E-state index contributed by atoms with van der Waals surface area (Å²) in [7, 11) is 0. The number of para-hydroxylation sites is 3. The lowest BCUT2D eigenvalue weighted by Gasteiger charge is -2.12. The summed E-state index contributed by atoms with van der Waals surface area (Å²) in [5.41, 5.74) is 2.93. The lowest BCUT2D eigenvalue weighted by molar-refractivity contribution is 0.102. The summed E-state index contributed by atoms with van der Waals surface area (Å²) in [6, 6.07) is 21.4. The Kier molecular flexibility index (Phi) is 4.79. The Morgan fingerprint density at radius 2 is 1.69 bits per heavy atom. The van der Waals surface area contributed by atoms with Crippen LogP contribution in [-0.4, -0.2) is 30.5 Å². The van der Waals surface area contributed by atoms with E-state index in [1.54, 1.807) is 65.0 Å². The molecule has 8 nitrogen and oxygen atoms in total. The molecule has 2 aromatic heterocycles. The molecule has 0 aliphatic carbocycles. The molecule has 0 unspecified atom stereocenters. The number of carbonyl (C=O) groups is 1. The highest BCUT2D eigenvalue weighted by Crippen LogP contribution is 2.20. The quantitative estimate of drug-likeness (QED) is 0.478. The van der Waals surface area contributed by atoms with Crippen LogP contribution in [0.1, 0.15) is 16.2 Å². The van der Waals surface area contributed by atoms with Gasteiger partial charge in [-0.1, -0.05) is 29.5 Å². The summed E-state index contributed by atoms with van der Waals surface area (Å²) in [6.45, 7) is 1.79. The first-order valence-corrected chi connectivity index (χ1v) is 9.98. The molecule has 0 radical (unpaired) electrons. The van der Waals surface area contributed by atoms with Crippen molar-refractivity contribution in [2.75, 3.05) is 5.32 Å². The highest BCUT2D eigenvalue weighted by atomic mass is 16.1. The van der Waals surface area contributed by atoms with Crippen molar-refractivity contribution in [3.63, 3.8) is 0 Å². The van der Waals surface area contributed by atoms with E-state index in [0.717, 1.165) is 0 Å². The van der Waals surface area contributed by atoms with E-state index in [4.69, 9.17) is 0 Å². The van der Waals surface area contributed by atoms with Crippen LogP contribution < -0.4 is 10.9 Å². The predicted molar refractivity (Wildman–Crippen MR) is 121 cm³/mol. The fourth-order valence-corrected chi connectivity index (χ4v) is 3.62. The molecule has 1 N–H and O–H groups in total. The summed E-state index contributed by atoms with van der Waals surface area (Å²) >= 11 is 0. The van der Waals surface area contributed by atoms with Crippen LogP contribution in [0, 0.1) is 6.92 Å². The average molecular weight is 422 g/mol. The van der Waals surface area contributed by atoms with Crippen LogP contribution in [0.4, 0.5) is 5.69 Å². The molecule has 1 amide bonds. The molecule has 0 atom stereocenters. The van der Waals surface area contributed by atoms with Crippen molar-refractivity contribution >= 4 is 22.5 Å². The van der Waals surface area contributed by atoms with Gasteiger partial charge in [-0.15, -0.1) is 5.10 Å². The summed E-state index contributed by atoms with van der Waals surface area (Å²) in [4.78, 5) is 30.4. The number of carbonyl (C=O) groups excluding carboxylic acids is 1. The predicted octanol–water partition coefficient (Wildman–Crippen LogP) is 3.53. The van der Waals surface area contributed by atoms with Gasteiger partial charge in [0.25, 0.3) is 11.5 Å². The number of nitrogens with zero attached hydrogens (tertiary/aromatic N) is 5. The maximum atomic E-state index is 13.0. The van der Waals surface area contributed by atoms with Crippen molar-refractivity contribution in [1.82, 2.24) is 24.5 Å². The SMILES string of the molecule is Cc1nc2ccccc2c(=O)n1-c1ccc(C(=O)Nc2ccccc2-n2ccnn2)cc1. The van der Waals surface area contributed by atoms with Gasteiger partial charge in [0, 0.05) is 5.56 Å². The number of rotatable bonds is 4. The van der Waals surface area contributed by atoms with Crippen LogP contribution in [0.2, 0.25) is 0 Å². The summed E-state index contributed by atoms with van der Waals surface area (Å²) < 4.78 is 3.13. The molecule has 0 aliphatic rings. The molecule has 8 heteroatoms. The molecule has 0 aliphatic heterocycles. The van der Waals surface area contributed by atoms with Gasteiger partial charge in [0.1, 0.15) is 5.82 Å². The Hall–Kier alpha value is -4.59. The molecule has 0 fully saturated rings. The molecular formula is C24H18N6O2. The van der Waals surface area contributed by atoms with Crippen molar-refractivity contribution in [2.45, 2.75) is 6.92 Å². The second-order valence-electron chi connectivity index (χ2n) is 7.18. The van der Waals surface area contributed by atoms with Crippen LogP contribution in [0.15, 0.2) is 90.0 Å². The second kappa shape index (κ2) is 7.92. The van der Waals surface area contributed by atoms with Gasteiger partial charge >= 0.3 is 0 Å². The molecule has 2 heterocycles. The van der Waals surface area contributed by atoms with Gasteiger partial charge in [0.05, 0.1) is 40.4 Å². The van der Waals surface area contributed by atoms with Crippen LogP contribution in [0.25, 0.3) is 22.3 Å². The molecule has 0 bridgehead atoms. The van der Waals surface area contributed by atoms with Gasteiger partial charge in [0.2, 0.25) is 0 Å². The molecule has 0 saturated heterocycles. The fraction of sp³-hybridized carbons (Fsp3) is 0.0417. The average Bonchev–Trinajstić information content (AvgIpc) is 3.35. The zero-order valence-electron chi connectivity index (χ0n) is 17.1. The maximum absolute atomic E-state index is 13.0. The Bertz CT molecular complexity index is 1490. The van der Waals surface area contributed by atoms with Gasteiger partial charge in [-0.2, -0.15) is 0 Å². The lowest BCUT2D eigenvalue weighted by Crippen LogP contribution is -2.22. The van der Waals surface area contributed by atoms with Crippen molar-refractivity contribution in [1.29, 1.82) is 0 Å². The van der Waals surface area contributed by atoms with Gasteiger partial charge in [-0.05, 0) is 55.5 Å². The van der Waals surface area contributed by atoms with Crippen molar-refractivity contribution in [3.8, 4) is 11.4 Å². The zero-order valence-corrected chi connectivity index (χ0v) is 17.1. The van der Waals surface area contributed by atoms with Crippen molar-refractivity contribution in [3.05, 3.63) is 107 Å². The van der Waals surface area contributed by atoms with E-state index in [2.05, 4.69) is 20.6 Å². The standard InChI is InChI=1S/C24H18N6O2/c1-16-26-20-7-3-2-6-19(20)24(32)30(16)18-12-10-17(11-13-18)23(31)27-21-8-4-5-9-22(21)29-15-14-25-28-29/h2-15H,1H3,(H,27,31). The largest absolute Gasteiger partial charge is 0.320 e. The van der Waals surface area contributed by atoms with E-state index >= 15 is 0 Å². The number of fused-ring (bicyclic) bond motifs is 1. The fourth-order valence-electron chi connectivity index (χ4n) is 3.62. The van der Waals surface area contributed by atoms with Crippen LogP contribution in [0.5, 0.6) is 0 Å². The topological polar surface area (TPSA) is 94.7 Å². The molecule has 3 aromatic carbocycles. The number of hydrogen-bond donors (Lipinski definition) is 1. The van der Waals surface area contributed by atoms with Crippen LogP contribution in [-0.2, 0) is 0 Å². The first-order chi connectivity index (χ1) is 15.6. The summed E-state index contributed by atoms with van der Waals surface area (Å²) in [5, 5.41) is 11.3. The number of aryl methyl sites for hydroxylation is 1. The van der Waals surface area contributed by atoms with E-state index in [1.165, 1.54) is 0 Å². The Morgan fingerprint density at radius 3 is 2.47 bits per heavy atom. The van der Waals surface area contributed by atoms with E-state index in [0.29, 0.717) is 39.4 Å². The van der Waals surface area contributed by atoms with E-state index in [1.807, 2.05) is 36.4 Å². The molecule has 156 valence electrons. The third kappa shape index (κ3) is 3.43. The van der Waals surface area contributed by atoms with Gasteiger partial charge in [0.15, 0.2) is 0 Å². The number of nitrogens with one attached hydrogen (secondary N) is 1. The molecular weight excluding hydrogens is 404 g/mol. The van der Waals surface area contributed by atoms with Crippen molar-refractivity contribution < 1.29 is 4.79 Å². The van der Waals surface area contributed by atoms with E-state index in [9.17, 15) is 9.59 Å². The lowest BCUT2D eigenvalue weighted by atomic mass is 10.1. The molecule has 32 heavy (non-hydrogen) atoms. The number of hydrogen-bond acceptors (Lipinski definition) is 5. The minimum absolute atomic E-state index is 0.146. The highest BCUT2D eigenvalue weighted by Gasteiger charge is 2.13. The normalized spacial score (nSPS) is 10.9. The molecule has 0 spiro atoms. The molecule has 5 rings (SSSR count). The van der Waals surface area contributed by atoms with E-state index < -0.39 is 0 Å². The van der Waals surface area contributed by atoms with Gasteiger partial charge < -0.3 is 5.32 Å². The number of anilines is 1. The van der Waals surface area contributed by atoms with Crippen LogP contribution >= 0.6 is 0 Å². The highest BCUT2D eigenvalue weighted by molar-refractivity contribution is 6.05. The van der Waals surface area contributed by atoms with Crippen LogP contribution in [0.3, 0.4) is 0 Å². The number of aromatic nitrogens is 5. The Balaban J connectivity index is 1.45. The third-order valence-corrected chi connectivity index (χ3v) is 5.15. The molecule has 5 aromatic rings. The summed E-state index contributed by atoms with van der Waals surface area (Å²) in [5.74, 6) is 0.303. The van der Waals surface area contributed by atoms with Gasteiger partial charge in [-0.3, -0.25) is 14.2 Å². The monoisotopic (exact) mass is 422 g/mol.